The van der Waals surface area contributed by atoms with Crippen LogP contribution in [0.15, 0.2) is 34.5 Å². The third-order valence-electron chi connectivity index (χ3n) is 3.95. The van der Waals surface area contributed by atoms with Gasteiger partial charge in [0.15, 0.2) is 5.17 Å². The molecule has 2 aliphatic heterocycles. The Balaban J connectivity index is 1.57. The first-order valence-corrected chi connectivity index (χ1v) is 9.18. The fourth-order valence-electron chi connectivity index (χ4n) is 2.55. The summed E-state index contributed by atoms with van der Waals surface area (Å²) in [4.78, 5) is 36.4. The lowest BCUT2D eigenvalue weighted by Crippen LogP contribution is -2.40. The summed E-state index contributed by atoms with van der Waals surface area (Å²) in [5.41, 5.74) is 1.34. The van der Waals surface area contributed by atoms with Gasteiger partial charge in [0.2, 0.25) is 5.91 Å². The van der Waals surface area contributed by atoms with Crippen LogP contribution in [0, 0.1) is 0 Å². The van der Waals surface area contributed by atoms with Crippen LogP contribution < -0.4 is 5.32 Å². The SMILES string of the molecule is O=C(O)CC1SC(=NN=Cc2ccc(C(=O)N3CCOCC3)cc2)NC1=O. The topological polar surface area (TPSA) is 121 Å². The normalized spacial score (nSPS) is 21.6. The van der Waals surface area contributed by atoms with Crippen LogP contribution in [0.1, 0.15) is 22.3 Å². The second-order valence-corrected chi connectivity index (χ2v) is 7.06. The fraction of sp³-hybridized carbons (Fsp3) is 0.353. The zero-order valence-corrected chi connectivity index (χ0v) is 15.1. The Morgan fingerprint density at radius 2 is 2.00 bits per heavy atom. The molecule has 0 radical (unpaired) electrons. The van der Waals surface area contributed by atoms with E-state index in [9.17, 15) is 14.4 Å². The third kappa shape index (κ3) is 5.14. The maximum Gasteiger partial charge on any atom is 0.305 e. The second kappa shape index (κ2) is 8.78. The van der Waals surface area contributed by atoms with Crippen LogP contribution in [-0.4, -0.2) is 70.7 Å². The van der Waals surface area contributed by atoms with E-state index in [1.54, 1.807) is 29.2 Å². The van der Waals surface area contributed by atoms with E-state index in [-0.39, 0.29) is 23.4 Å². The Kier molecular flexibility index (Phi) is 6.20. The van der Waals surface area contributed by atoms with E-state index in [1.165, 1.54) is 6.21 Å². The lowest BCUT2D eigenvalue weighted by Gasteiger charge is -2.26. The maximum absolute atomic E-state index is 12.4. The highest BCUT2D eigenvalue weighted by Crippen LogP contribution is 2.22. The zero-order chi connectivity index (χ0) is 19.2. The number of carbonyl (C=O) groups is 3. The average molecular weight is 390 g/mol. The molecular weight excluding hydrogens is 372 g/mol. The number of hydrogen-bond donors (Lipinski definition) is 2. The standard InChI is InChI=1S/C17H18N4O5S/c22-14(23)9-13-15(24)19-17(27-13)20-18-10-11-1-3-12(4-2-11)16(25)21-5-7-26-8-6-21/h1-4,10,13H,5-9H2,(H,22,23)(H,19,20,24). The summed E-state index contributed by atoms with van der Waals surface area (Å²) in [6.07, 6.45) is 1.23. The molecule has 0 saturated carbocycles. The predicted molar refractivity (Wildman–Crippen MR) is 100.0 cm³/mol. The Bertz CT molecular complexity index is 787. The summed E-state index contributed by atoms with van der Waals surface area (Å²) in [5.74, 6) is -1.46. The first-order valence-electron chi connectivity index (χ1n) is 8.30. The van der Waals surface area contributed by atoms with Gasteiger partial charge >= 0.3 is 5.97 Å². The second-order valence-electron chi connectivity index (χ2n) is 5.87. The number of amidine groups is 1. The van der Waals surface area contributed by atoms with Gasteiger partial charge in [-0.25, -0.2) is 0 Å². The Labute approximate surface area is 159 Å². The average Bonchev–Trinajstić information content (AvgIpc) is 3.01. The quantitative estimate of drug-likeness (QED) is 0.560. The van der Waals surface area contributed by atoms with Crippen molar-refractivity contribution >= 4 is 40.9 Å². The van der Waals surface area contributed by atoms with E-state index in [1.807, 2.05) is 0 Å². The molecule has 27 heavy (non-hydrogen) atoms. The van der Waals surface area contributed by atoms with Gasteiger partial charge in [-0.2, -0.15) is 5.10 Å². The molecule has 2 saturated heterocycles. The first kappa shape index (κ1) is 19.1. The van der Waals surface area contributed by atoms with Gasteiger partial charge in [0.05, 0.1) is 25.8 Å². The summed E-state index contributed by atoms with van der Waals surface area (Å²) in [7, 11) is 0. The van der Waals surface area contributed by atoms with Crippen LogP contribution in [0.3, 0.4) is 0 Å². The maximum atomic E-state index is 12.4. The molecule has 2 N–H and O–H groups in total. The van der Waals surface area contributed by atoms with Crippen molar-refractivity contribution in [2.24, 2.45) is 10.2 Å². The van der Waals surface area contributed by atoms with Crippen LogP contribution in [0.5, 0.6) is 0 Å². The molecule has 2 heterocycles. The van der Waals surface area contributed by atoms with Gasteiger partial charge in [0.25, 0.3) is 5.91 Å². The number of amides is 2. The van der Waals surface area contributed by atoms with Crippen molar-refractivity contribution in [3.8, 4) is 0 Å². The number of morpholine rings is 1. The summed E-state index contributed by atoms with van der Waals surface area (Å²) >= 11 is 1.04. The van der Waals surface area contributed by atoms with Gasteiger partial charge in [0, 0.05) is 18.7 Å². The molecule has 1 aromatic rings. The highest BCUT2D eigenvalue weighted by molar-refractivity contribution is 8.15. The molecule has 2 aliphatic rings. The van der Waals surface area contributed by atoms with Crippen LogP contribution >= 0.6 is 11.8 Å². The number of nitrogens with one attached hydrogen (secondary N) is 1. The summed E-state index contributed by atoms with van der Waals surface area (Å²) < 4.78 is 5.24. The van der Waals surface area contributed by atoms with E-state index in [0.717, 1.165) is 17.3 Å². The molecule has 0 aliphatic carbocycles. The molecule has 142 valence electrons. The van der Waals surface area contributed by atoms with Gasteiger partial charge < -0.3 is 20.1 Å². The highest BCUT2D eigenvalue weighted by Gasteiger charge is 2.32. The van der Waals surface area contributed by atoms with Gasteiger partial charge in [-0.1, -0.05) is 23.9 Å². The lowest BCUT2D eigenvalue weighted by molar-refractivity contribution is -0.138. The molecule has 9 nitrogen and oxygen atoms in total. The molecule has 1 unspecified atom stereocenters. The molecule has 2 amide bonds. The lowest BCUT2D eigenvalue weighted by atomic mass is 10.1. The molecular formula is C17H18N4O5S. The zero-order valence-electron chi connectivity index (χ0n) is 14.3. The van der Waals surface area contributed by atoms with Crippen molar-refractivity contribution < 1.29 is 24.2 Å². The fourth-order valence-corrected chi connectivity index (χ4v) is 3.47. The molecule has 1 atom stereocenters. The minimum absolute atomic E-state index is 0.0310. The van der Waals surface area contributed by atoms with Crippen molar-refractivity contribution in [1.82, 2.24) is 10.2 Å². The Hall–Kier alpha value is -2.72. The first-order chi connectivity index (χ1) is 13.0. The molecule has 0 aromatic heterocycles. The van der Waals surface area contributed by atoms with Crippen LogP contribution in [0.2, 0.25) is 0 Å². The van der Waals surface area contributed by atoms with Gasteiger partial charge in [-0.3, -0.25) is 14.4 Å². The number of carboxylic acid groups (broad SMARTS) is 1. The highest BCUT2D eigenvalue weighted by atomic mass is 32.2. The third-order valence-corrected chi connectivity index (χ3v) is 5.02. The minimum atomic E-state index is -1.04. The van der Waals surface area contributed by atoms with E-state index in [0.29, 0.717) is 31.9 Å². The number of carboxylic acids is 1. The Morgan fingerprint density at radius 3 is 2.67 bits per heavy atom. The monoisotopic (exact) mass is 390 g/mol. The van der Waals surface area contributed by atoms with E-state index < -0.39 is 11.2 Å². The number of ether oxygens (including phenoxy) is 1. The minimum Gasteiger partial charge on any atom is -0.481 e. The molecule has 1 aromatic carbocycles. The van der Waals surface area contributed by atoms with Crippen molar-refractivity contribution in [2.75, 3.05) is 26.3 Å². The van der Waals surface area contributed by atoms with Gasteiger partial charge in [-0.15, -0.1) is 5.10 Å². The number of rotatable bonds is 5. The summed E-state index contributed by atoms with van der Waals surface area (Å²) in [6, 6.07) is 6.96. The summed E-state index contributed by atoms with van der Waals surface area (Å²) in [6.45, 7) is 2.29. The van der Waals surface area contributed by atoms with E-state index in [4.69, 9.17) is 9.84 Å². The largest absolute Gasteiger partial charge is 0.481 e. The summed E-state index contributed by atoms with van der Waals surface area (Å²) in [5, 5.41) is 18.6. The van der Waals surface area contributed by atoms with Crippen molar-refractivity contribution in [1.29, 1.82) is 0 Å². The van der Waals surface area contributed by atoms with Crippen molar-refractivity contribution in [3.05, 3.63) is 35.4 Å². The number of hydrogen-bond acceptors (Lipinski definition) is 7. The van der Waals surface area contributed by atoms with E-state index in [2.05, 4.69) is 15.5 Å². The van der Waals surface area contributed by atoms with Crippen LogP contribution in [0.25, 0.3) is 0 Å². The van der Waals surface area contributed by atoms with Crippen molar-refractivity contribution in [2.45, 2.75) is 11.7 Å². The molecule has 0 spiro atoms. The number of nitrogens with zero attached hydrogens (tertiary/aromatic N) is 3. The smallest absolute Gasteiger partial charge is 0.305 e. The van der Waals surface area contributed by atoms with Crippen molar-refractivity contribution in [3.63, 3.8) is 0 Å². The number of carbonyl (C=O) groups excluding carboxylic acids is 2. The molecule has 10 heteroatoms. The van der Waals surface area contributed by atoms with Crippen LogP contribution in [-0.2, 0) is 14.3 Å². The van der Waals surface area contributed by atoms with Gasteiger partial charge in [-0.05, 0) is 17.7 Å². The molecule has 2 fully saturated rings. The van der Waals surface area contributed by atoms with E-state index >= 15 is 0 Å². The molecule has 3 rings (SSSR count). The van der Waals surface area contributed by atoms with Crippen LogP contribution in [0.4, 0.5) is 0 Å². The predicted octanol–water partition coefficient (Wildman–Crippen LogP) is 0.555. The number of aliphatic carboxylic acids is 1. The van der Waals surface area contributed by atoms with Gasteiger partial charge in [0.1, 0.15) is 5.25 Å². The number of thioether (sulfide) groups is 1. The number of benzene rings is 1. The molecule has 0 bridgehead atoms. The Morgan fingerprint density at radius 1 is 1.30 bits per heavy atom.